The van der Waals surface area contributed by atoms with Crippen molar-refractivity contribution < 1.29 is 23.8 Å². The van der Waals surface area contributed by atoms with Crippen molar-refractivity contribution in [3.8, 4) is 17.2 Å². The van der Waals surface area contributed by atoms with Crippen LogP contribution in [0.5, 0.6) is 17.2 Å². The molecule has 4 rings (SSSR count). The zero-order valence-corrected chi connectivity index (χ0v) is 22.9. The summed E-state index contributed by atoms with van der Waals surface area (Å²) in [4.78, 5) is 31.2. The Bertz CT molecular complexity index is 1070. The summed E-state index contributed by atoms with van der Waals surface area (Å²) in [5.74, 6) is 1.44. The summed E-state index contributed by atoms with van der Waals surface area (Å²) in [7, 11) is 4.79. The molecule has 2 amide bonds. The van der Waals surface area contributed by atoms with Crippen molar-refractivity contribution in [2.45, 2.75) is 51.0 Å². The summed E-state index contributed by atoms with van der Waals surface area (Å²) in [6.45, 7) is 3.93. The normalized spacial score (nSPS) is 20.5. The monoisotopic (exact) mass is 523 g/mol. The van der Waals surface area contributed by atoms with Crippen LogP contribution in [0.4, 0.5) is 5.69 Å². The van der Waals surface area contributed by atoms with Gasteiger partial charge in [0.2, 0.25) is 11.8 Å². The molecule has 2 atom stereocenters. The second-order valence-electron chi connectivity index (χ2n) is 10.1. The van der Waals surface area contributed by atoms with Crippen LogP contribution in [0.1, 0.15) is 56.6 Å². The number of amides is 2. The van der Waals surface area contributed by atoms with Gasteiger partial charge in [0, 0.05) is 18.7 Å². The van der Waals surface area contributed by atoms with Crippen molar-refractivity contribution in [1.29, 1.82) is 0 Å². The molecule has 38 heavy (non-hydrogen) atoms. The third-order valence-corrected chi connectivity index (χ3v) is 7.68. The Labute approximate surface area is 226 Å². The molecule has 2 aliphatic rings. The third-order valence-electron chi connectivity index (χ3n) is 7.68. The molecule has 2 aliphatic heterocycles. The van der Waals surface area contributed by atoms with E-state index in [2.05, 4.69) is 10.2 Å². The maximum atomic E-state index is 13.6. The Hall–Kier alpha value is -3.26. The molecular formula is C30H41N3O5. The minimum atomic E-state index is -0.477. The third kappa shape index (κ3) is 6.59. The zero-order valence-electron chi connectivity index (χ0n) is 22.9. The fraction of sp³-hybridized carbons (Fsp3) is 0.533. The Morgan fingerprint density at radius 3 is 2.29 bits per heavy atom. The first-order chi connectivity index (χ1) is 18.5. The predicted molar refractivity (Wildman–Crippen MR) is 148 cm³/mol. The second-order valence-corrected chi connectivity index (χ2v) is 10.1. The van der Waals surface area contributed by atoms with E-state index < -0.39 is 12.0 Å². The molecule has 0 aliphatic carbocycles. The van der Waals surface area contributed by atoms with Crippen LogP contribution < -0.4 is 24.4 Å². The van der Waals surface area contributed by atoms with E-state index in [1.54, 1.807) is 26.2 Å². The lowest BCUT2D eigenvalue weighted by Crippen LogP contribution is -2.48. The number of anilines is 1. The van der Waals surface area contributed by atoms with Crippen LogP contribution in [0, 0.1) is 5.92 Å². The average molecular weight is 524 g/mol. The van der Waals surface area contributed by atoms with Gasteiger partial charge in [-0.05, 0) is 87.3 Å². The number of nitrogens with zero attached hydrogens (tertiary/aromatic N) is 2. The summed E-state index contributed by atoms with van der Waals surface area (Å²) in [6.07, 6.45) is 6.86. The molecule has 8 nitrogen and oxygen atoms in total. The van der Waals surface area contributed by atoms with Gasteiger partial charge in [0.25, 0.3) is 0 Å². The van der Waals surface area contributed by atoms with E-state index in [-0.39, 0.29) is 11.8 Å². The van der Waals surface area contributed by atoms with Gasteiger partial charge in [-0.1, -0.05) is 18.9 Å². The van der Waals surface area contributed by atoms with Crippen LogP contribution in [0.15, 0.2) is 42.5 Å². The summed E-state index contributed by atoms with van der Waals surface area (Å²) >= 11 is 0. The maximum Gasteiger partial charge on any atom is 0.227 e. The van der Waals surface area contributed by atoms with Gasteiger partial charge in [0.1, 0.15) is 5.75 Å². The molecule has 0 radical (unpaired) electrons. The molecule has 2 aromatic carbocycles. The van der Waals surface area contributed by atoms with Gasteiger partial charge in [0.05, 0.1) is 33.3 Å². The summed E-state index contributed by atoms with van der Waals surface area (Å²) in [5.41, 5.74) is 1.56. The van der Waals surface area contributed by atoms with Gasteiger partial charge < -0.3 is 29.3 Å². The number of hydrogen-bond donors (Lipinski definition) is 1. The van der Waals surface area contributed by atoms with Crippen LogP contribution in [-0.2, 0) is 9.59 Å². The van der Waals surface area contributed by atoms with E-state index in [0.29, 0.717) is 36.6 Å². The van der Waals surface area contributed by atoms with Gasteiger partial charge in [-0.15, -0.1) is 0 Å². The first-order valence-electron chi connectivity index (χ1n) is 13.7. The van der Waals surface area contributed by atoms with E-state index in [4.69, 9.17) is 14.2 Å². The van der Waals surface area contributed by atoms with Crippen molar-refractivity contribution in [3.05, 3.63) is 48.0 Å². The standard InChI is InChI=1S/C30H41N3O5/c1-36-24-12-10-23(11-13-24)33-28(34)16-14-25(29(33)22-9-15-26(37-2)27(21-22)38-3)30(35)31-17-8-20-32-18-6-4-5-7-19-32/h9-13,15,21,25,29H,4-8,14,16-20H2,1-3H3,(H,31,35)/t25-,29+/m1/s1. The molecule has 2 heterocycles. The van der Waals surface area contributed by atoms with Gasteiger partial charge >= 0.3 is 0 Å². The van der Waals surface area contributed by atoms with Crippen LogP contribution in [0.2, 0.25) is 0 Å². The van der Waals surface area contributed by atoms with E-state index in [1.165, 1.54) is 25.7 Å². The number of nitrogens with one attached hydrogen (secondary N) is 1. The first kappa shape index (κ1) is 27.8. The number of carbonyl (C=O) groups is 2. The van der Waals surface area contributed by atoms with E-state index in [0.717, 1.165) is 37.3 Å². The number of ether oxygens (including phenoxy) is 3. The molecule has 2 aromatic rings. The number of hydrogen-bond acceptors (Lipinski definition) is 6. The van der Waals surface area contributed by atoms with E-state index >= 15 is 0 Å². The largest absolute Gasteiger partial charge is 0.497 e. The minimum Gasteiger partial charge on any atom is -0.497 e. The second kappa shape index (κ2) is 13.5. The lowest BCUT2D eigenvalue weighted by molar-refractivity contribution is -0.129. The van der Waals surface area contributed by atoms with Crippen LogP contribution in [0.3, 0.4) is 0 Å². The van der Waals surface area contributed by atoms with E-state index in [9.17, 15) is 9.59 Å². The highest BCUT2D eigenvalue weighted by Gasteiger charge is 2.41. The quantitative estimate of drug-likeness (QED) is 0.459. The van der Waals surface area contributed by atoms with Crippen molar-refractivity contribution in [1.82, 2.24) is 10.2 Å². The molecule has 8 heteroatoms. The highest BCUT2D eigenvalue weighted by molar-refractivity contribution is 5.97. The van der Waals surface area contributed by atoms with Crippen molar-refractivity contribution in [3.63, 3.8) is 0 Å². The van der Waals surface area contributed by atoms with Gasteiger partial charge in [0.15, 0.2) is 11.5 Å². The molecule has 1 N–H and O–H groups in total. The highest BCUT2D eigenvalue weighted by Crippen LogP contribution is 2.42. The van der Waals surface area contributed by atoms with E-state index in [1.807, 2.05) is 42.5 Å². The fourth-order valence-electron chi connectivity index (χ4n) is 5.64. The molecule has 2 fully saturated rings. The minimum absolute atomic E-state index is 0.0137. The lowest BCUT2D eigenvalue weighted by atomic mass is 9.83. The predicted octanol–water partition coefficient (Wildman–Crippen LogP) is 4.58. The number of benzene rings is 2. The number of piperidine rings is 1. The molecule has 0 aromatic heterocycles. The number of likely N-dealkylation sites (tertiary alicyclic amines) is 1. The zero-order chi connectivity index (χ0) is 26.9. The van der Waals surface area contributed by atoms with Gasteiger partial charge in [-0.25, -0.2) is 0 Å². The highest BCUT2D eigenvalue weighted by atomic mass is 16.5. The first-order valence-corrected chi connectivity index (χ1v) is 13.7. The SMILES string of the molecule is COc1ccc(N2C(=O)CC[C@@H](C(=O)NCCCN3CCCCCC3)[C@@H]2c2ccc(OC)c(OC)c2)cc1. The Morgan fingerprint density at radius 1 is 0.921 bits per heavy atom. The summed E-state index contributed by atoms with van der Waals surface area (Å²) in [6, 6.07) is 12.5. The maximum absolute atomic E-state index is 13.6. The molecule has 0 saturated carbocycles. The molecule has 206 valence electrons. The molecule has 2 saturated heterocycles. The number of rotatable bonds is 10. The Kier molecular flexibility index (Phi) is 9.87. The van der Waals surface area contributed by atoms with Crippen molar-refractivity contribution in [2.75, 3.05) is 52.4 Å². The fourth-order valence-corrected chi connectivity index (χ4v) is 5.64. The Balaban J connectivity index is 1.56. The number of carbonyl (C=O) groups excluding carboxylic acids is 2. The van der Waals surface area contributed by atoms with Crippen molar-refractivity contribution in [2.24, 2.45) is 5.92 Å². The summed E-state index contributed by atoms with van der Waals surface area (Å²) in [5, 5.41) is 3.18. The topological polar surface area (TPSA) is 80.3 Å². The van der Waals surface area contributed by atoms with Gasteiger partial charge in [-0.3, -0.25) is 9.59 Å². The van der Waals surface area contributed by atoms with Crippen LogP contribution in [0.25, 0.3) is 0 Å². The molecule has 0 bridgehead atoms. The van der Waals surface area contributed by atoms with Gasteiger partial charge in [-0.2, -0.15) is 0 Å². The van der Waals surface area contributed by atoms with Crippen molar-refractivity contribution >= 4 is 17.5 Å². The molecule has 0 spiro atoms. The summed E-state index contributed by atoms with van der Waals surface area (Å²) < 4.78 is 16.3. The van der Waals surface area contributed by atoms with Crippen LogP contribution in [-0.4, -0.2) is 64.2 Å². The Morgan fingerprint density at radius 2 is 1.63 bits per heavy atom. The average Bonchev–Trinajstić information content (AvgIpc) is 3.23. The number of methoxy groups -OCH3 is 3. The van der Waals surface area contributed by atoms with Crippen LogP contribution >= 0.6 is 0 Å². The molecular weight excluding hydrogens is 482 g/mol. The molecule has 0 unspecified atom stereocenters. The lowest BCUT2D eigenvalue weighted by Gasteiger charge is -2.41. The smallest absolute Gasteiger partial charge is 0.227 e.